The lowest BCUT2D eigenvalue weighted by atomic mass is 10.0. The van der Waals surface area contributed by atoms with Crippen molar-refractivity contribution in [3.63, 3.8) is 0 Å². The molecule has 0 bridgehead atoms. The van der Waals surface area contributed by atoms with Gasteiger partial charge in [0.1, 0.15) is 6.54 Å². The Kier molecular flexibility index (Phi) is 4.27. The molecule has 1 aliphatic rings. The van der Waals surface area contributed by atoms with E-state index in [0.717, 1.165) is 22.5 Å². The van der Waals surface area contributed by atoms with Crippen molar-refractivity contribution in [1.82, 2.24) is 20.2 Å². The van der Waals surface area contributed by atoms with Crippen LogP contribution in [0.15, 0.2) is 47.5 Å². The Morgan fingerprint density at radius 1 is 1.08 bits per heavy atom. The van der Waals surface area contributed by atoms with Crippen LogP contribution in [0.4, 0.5) is 0 Å². The van der Waals surface area contributed by atoms with E-state index in [4.69, 9.17) is 33.4 Å². The van der Waals surface area contributed by atoms with E-state index in [-0.39, 0.29) is 6.54 Å². The third kappa shape index (κ3) is 2.83. The SMILES string of the molecule is ONCc1nnc2n1-c1ccc(Cl)cc1C(c1ccccc1Cl)=NC2. The van der Waals surface area contributed by atoms with Crippen LogP contribution < -0.4 is 5.48 Å². The zero-order valence-electron chi connectivity index (χ0n) is 12.9. The van der Waals surface area contributed by atoms with E-state index in [1.54, 1.807) is 6.07 Å². The minimum atomic E-state index is 0.163. The maximum Gasteiger partial charge on any atom is 0.159 e. The zero-order valence-corrected chi connectivity index (χ0v) is 14.5. The fraction of sp³-hybridized carbons (Fsp3) is 0.118. The van der Waals surface area contributed by atoms with Crippen molar-refractivity contribution in [2.75, 3.05) is 0 Å². The molecule has 0 saturated carbocycles. The summed E-state index contributed by atoms with van der Waals surface area (Å²) in [6, 6.07) is 13.1. The molecule has 2 aromatic carbocycles. The Morgan fingerprint density at radius 2 is 1.92 bits per heavy atom. The standard InChI is InChI=1S/C17H13Cl2N5O/c18-10-5-6-14-12(7-10)17(11-3-1-2-4-13(11)19)20-8-15-22-23-16(9-21-25)24(14)15/h1-7,21,25H,8-9H2. The highest BCUT2D eigenvalue weighted by Crippen LogP contribution is 2.30. The van der Waals surface area contributed by atoms with E-state index in [0.29, 0.717) is 28.2 Å². The first-order valence-electron chi connectivity index (χ1n) is 7.59. The average Bonchev–Trinajstić information content (AvgIpc) is 2.92. The quantitative estimate of drug-likeness (QED) is 0.689. The van der Waals surface area contributed by atoms with Gasteiger partial charge in [-0.05, 0) is 24.3 Å². The van der Waals surface area contributed by atoms with Crippen LogP contribution in [0, 0.1) is 0 Å². The van der Waals surface area contributed by atoms with Crippen molar-refractivity contribution in [1.29, 1.82) is 0 Å². The maximum absolute atomic E-state index is 9.07. The topological polar surface area (TPSA) is 75.3 Å². The van der Waals surface area contributed by atoms with Gasteiger partial charge >= 0.3 is 0 Å². The number of hydroxylamine groups is 1. The second kappa shape index (κ2) is 6.57. The van der Waals surface area contributed by atoms with Gasteiger partial charge in [0.05, 0.1) is 17.9 Å². The van der Waals surface area contributed by atoms with Gasteiger partial charge in [-0.2, -0.15) is 5.48 Å². The van der Waals surface area contributed by atoms with E-state index in [1.165, 1.54) is 0 Å². The number of nitrogens with one attached hydrogen (secondary N) is 1. The highest BCUT2D eigenvalue weighted by atomic mass is 35.5. The summed E-state index contributed by atoms with van der Waals surface area (Å²) in [4.78, 5) is 4.72. The van der Waals surface area contributed by atoms with E-state index >= 15 is 0 Å². The lowest BCUT2D eigenvalue weighted by molar-refractivity contribution is 0.158. The summed E-state index contributed by atoms with van der Waals surface area (Å²) < 4.78 is 1.88. The van der Waals surface area contributed by atoms with Crippen LogP contribution in [0.1, 0.15) is 22.8 Å². The van der Waals surface area contributed by atoms with Gasteiger partial charge in [-0.3, -0.25) is 9.56 Å². The molecule has 1 aromatic heterocycles. The van der Waals surface area contributed by atoms with Crippen LogP contribution in [-0.4, -0.2) is 25.7 Å². The number of benzene rings is 2. The molecule has 1 aliphatic heterocycles. The molecule has 0 radical (unpaired) electrons. The summed E-state index contributed by atoms with van der Waals surface area (Å²) >= 11 is 12.6. The van der Waals surface area contributed by atoms with Crippen molar-refractivity contribution in [2.45, 2.75) is 13.1 Å². The lowest BCUT2D eigenvalue weighted by Crippen LogP contribution is -2.14. The number of halogens is 2. The molecule has 2 heterocycles. The van der Waals surface area contributed by atoms with E-state index in [2.05, 4.69) is 15.7 Å². The predicted octanol–water partition coefficient (Wildman–Crippen LogP) is 3.40. The first-order valence-corrected chi connectivity index (χ1v) is 8.34. The van der Waals surface area contributed by atoms with E-state index in [9.17, 15) is 0 Å². The normalized spacial score (nSPS) is 13.0. The van der Waals surface area contributed by atoms with Crippen molar-refractivity contribution in [3.05, 3.63) is 75.3 Å². The molecule has 0 amide bonds. The zero-order chi connectivity index (χ0) is 17.4. The van der Waals surface area contributed by atoms with Crippen LogP contribution in [0.3, 0.4) is 0 Å². The Morgan fingerprint density at radius 3 is 2.72 bits per heavy atom. The molecule has 0 spiro atoms. The Bertz CT molecular complexity index is 983. The number of aromatic nitrogens is 3. The van der Waals surface area contributed by atoms with Gasteiger partial charge in [0, 0.05) is 21.2 Å². The van der Waals surface area contributed by atoms with Crippen LogP contribution in [0.2, 0.25) is 10.0 Å². The Balaban J connectivity index is 1.98. The molecule has 4 rings (SSSR count). The second-order valence-electron chi connectivity index (χ2n) is 5.51. The molecule has 0 unspecified atom stereocenters. The van der Waals surface area contributed by atoms with Crippen molar-refractivity contribution in [3.8, 4) is 5.69 Å². The number of hydrogen-bond acceptors (Lipinski definition) is 5. The molecular weight excluding hydrogens is 361 g/mol. The first kappa shape index (κ1) is 16.2. The fourth-order valence-electron chi connectivity index (χ4n) is 2.93. The molecule has 2 N–H and O–H groups in total. The molecule has 6 nitrogen and oxygen atoms in total. The number of fused-ring (bicyclic) bond motifs is 3. The smallest absolute Gasteiger partial charge is 0.159 e. The lowest BCUT2D eigenvalue weighted by Gasteiger charge is -2.14. The number of nitrogens with zero attached hydrogens (tertiary/aromatic N) is 4. The van der Waals surface area contributed by atoms with Gasteiger partial charge in [0.15, 0.2) is 11.6 Å². The monoisotopic (exact) mass is 373 g/mol. The number of hydrogen-bond donors (Lipinski definition) is 2. The van der Waals surface area contributed by atoms with Crippen molar-refractivity contribution < 1.29 is 5.21 Å². The Labute approximate surface area is 153 Å². The van der Waals surface area contributed by atoms with Crippen LogP contribution in [0.25, 0.3) is 5.69 Å². The summed E-state index contributed by atoms with van der Waals surface area (Å²) in [6.07, 6.45) is 0. The van der Waals surface area contributed by atoms with E-state index < -0.39 is 0 Å². The number of aliphatic imine (C=N–C) groups is 1. The maximum atomic E-state index is 9.07. The third-order valence-electron chi connectivity index (χ3n) is 4.00. The van der Waals surface area contributed by atoms with Gasteiger partial charge in [-0.25, -0.2) is 0 Å². The largest absolute Gasteiger partial charge is 0.316 e. The Hall–Kier alpha value is -2.25. The molecule has 3 aromatic rings. The summed E-state index contributed by atoms with van der Waals surface area (Å²) in [7, 11) is 0. The van der Waals surface area contributed by atoms with Gasteiger partial charge < -0.3 is 5.21 Å². The van der Waals surface area contributed by atoms with Crippen LogP contribution in [-0.2, 0) is 13.1 Å². The molecule has 126 valence electrons. The van der Waals surface area contributed by atoms with Gasteiger partial charge in [0.2, 0.25) is 0 Å². The molecule has 0 atom stereocenters. The molecule has 25 heavy (non-hydrogen) atoms. The molecule has 0 saturated heterocycles. The molecule has 0 fully saturated rings. The summed E-state index contributed by atoms with van der Waals surface area (Å²) in [6.45, 7) is 0.502. The molecular formula is C17H13Cl2N5O. The van der Waals surface area contributed by atoms with Gasteiger partial charge in [-0.1, -0.05) is 41.4 Å². The van der Waals surface area contributed by atoms with Crippen LogP contribution in [0.5, 0.6) is 0 Å². The minimum absolute atomic E-state index is 0.163. The number of rotatable bonds is 3. The summed E-state index contributed by atoms with van der Waals surface area (Å²) in [5, 5.41) is 18.6. The first-order chi connectivity index (χ1) is 12.2. The summed E-state index contributed by atoms with van der Waals surface area (Å²) in [5.41, 5.74) is 5.37. The van der Waals surface area contributed by atoms with E-state index in [1.807, 2.05) is 41.0 Å². The molecule has 0 aliphatic carbocycles. The van der Waals surface area contributed by atoms with Gasteiger partial charge in [0.25, 0.3) is 0 Å². The highest BCUT2D eigenvalue weighted by molar-refractivity contribution is 6.36. The highest BCUT2D eigenvalue weighted by Gasteiger charge is 2.23. The second-order valence-corrected chi connectivity index (χ2v) is 6.35. The predicted molar refractivity (Wildman–Crippen MR) is 95.8 cm³/mol. The fourth-order valence-corrected chi connectivity index (χ4v) is 3.33. The van der Waals surface area contributed by atoms with Crippen molar-refractivity contribution >= 4 is 28.9 Å². The molecule has 8 heteroatoms. The van der Waals surface area contributed by atoms with Crippen molar-refractivity contribution in [2.24, 2.45) is 4.99 Å². The van der Waals surface area contributed by atoms with Gasteiger partial charge in [-0.15, -0.1) is 10.2 Å². The average molecular weight is 374 g/mol. The van der Waals surface area contributed by atoms with Crippen LogP contribution >= 0.6 is 23.2 Å². The third-order valence-corrected chi connectivity index (χ3v) is 4.56. The minimum Gasteiger partial charge on any atom is -0.316 e. The summed E-state index contributed by atoms with van der Waals surface area (Å²) in [5.74, 6) is 1.26.